The zero-order valence-corrected chi connectivity index (χ0v) is 11.9. The Hall–Kier alpha value is -1.02. The first-order chi connectivity index (χ1) is 8.19. The van der Waals surface area contributed by atoms with Crippen LogP contribution in [0.1, 0.15) is 10.4 Å². The summed E-state index contributed by atoms with van der Waals surface area (Å²) in [5.74, 6) is 0. The molecule has 2 aromatic rings. The van der Waals surface area contributed by atoms with Crippen molar-refractivity contribution in [1.29, 1.82) is 5.26 Å². The Bertz CT molecular complexity index is 574. The van der Waals surface area contributed by atoms with E-state index in [1.54, 1.807) is 11.3 Å². The van der Waals surface area contributed by atoms with Gasteiger partial charge >= 0.3 is 0 Å². The molecule has 0 spiro atoms. The molecular formula is C12H8BrClN2S. The van der Waals surface area contributed by atoms with Gasteiger partial charge in [0.25, 0.3) is 0 Å². The van der Waals surface area contributed by atoms with Gasteiger partial charge in [0.1, 0.15) is 6.07 Å². The third-order valence-electron chi connectivity index (χ3n) is 2.17. The second kappa shape index (κ2) is 5.54. The maximum absolute atomic E-state index is 8.72. The number of nitriles is 1. The average Bonchev–Trinajstić information content (AvgIpc) is 2.79. The fourth-order valence-corrected chi connectivity index (χ4v) is 2.57. The zero-order valence-electron chi connectivity index (χ0n) is 8.71. The van der Waals surface area contributed by atoms with Crippen molar-refractivity contribution in [1.82, 2.24) is 0 Å². The second-order valence-electron chi connectivity index (χ2n) is 3.40. The Morgan fingerprint density at radius 1 is 1.41 bits per heavy atom. The molecule has 0 saturated carbocycles. The molecular weight excluding hydrogens is 320 g/mol. The predicted octanol–water partition coefficient (Wildman–Crippen LogP) is 4.65. The van der Waals surface area contributed by atoms with E-state index in [1.807, 2.05) is 29.6 Å². The molecule has 2 nitrogen and oxygen atoms in total. The fraction of sp³-hybridized carbons (Fsp3) is 0.0833. The smallest absolute Gasteiger partial charge is 0.100 e. The number of nitrogens with zero attached hydrogens (tertiary/aromatic N) is 1. The molecule has 0 amide bonds. The number of halogens is 2. The van der Waals surface area contributed by atoms with Crippen LogP contribution in [0.5, 0.6) is 0 Å². The van der Waals surface area contributed by atoms with Crippen molar-refractivity contribution in [3.8, 4) is 6.07 Å². The topological polar surface area (TPSA) is 35.8 Å². The van der Waals surface area contributed by atoms with Crippen LogP contribution >= 0.6 is 38.9 Å². The van der Waals surface area contributed by atoms with E-state index >= 15 is 0 Å². The van der Waals surface area contributed by atoms with Crippen molar-refractivity contribution >= 4 is 44.6 Å². The lowest BCUT2D eigenvalue weighted by molar-refractivity contribution is 1.19. The van der Waals surface area contributed by atoms with Crippen LogP contribution in [-0.4, -0.2) is 0 Å². The van der Waals surface area contributed by atoms with E-state index in [9.17, 15) is 0 Å². The molecule has 0 aliphatic heterocycles. The summed E-state index contributed by atoms with van der Waals surface area (Å²) in [6.45, 7) is 0.709. The molecule has 86 valence electrons. The van der Waals surface area contributed by atoms with Gasteiger partial charge in [-0.3, -0.25) is 0 Å². The van der Waals surface area contributed by atoms with Crippen molar-refractivity contribution in [3.63, 3.8) is 0 Å². The molecule has 17 heavy (non-hydrogen) atoms. The third kappa shape index (κ3) is 3.22. The van der Waals surface area contributed by atoms with Gasteiger partial charge in [0.2, 0.25) is 0 Å². The summed E-state index contributed by atoms with van der Waals surface area (Å²) < 4.78 is 0.869. The Kier molecular flexibility index (Phi) is 4.06. The minimum absolute atomic E-state index is 0.693. The van der Waals surface area contributed by atoms with Gasteiger partial charge in [0.05, 0.1) is 10.6 Å². The molecule has 0 radical (unpaired) electrons. The zero-order chi connectivity index (χ0) is 12.3. The molecule has 0 aliphatic carbocycles. The minimum atomic E-state index is 0.693. The Morgan fingerprint density at radius 2 is 2.24 bits per heavy atom. The molecule has 1 aromatic heterocycles. The van der Waals surface area contributed by atoms with Crippen molar-refractivity contribution in [2.45, 2.75) is 6.54 Å². The highest BCUT2D eigenvalue weighted by atomic mass is 79.9. The Balaban J connectivity index is 2.02. The predicted molar refractivity (Wildman–Crippen MR) is 75.5 cm³/mol. The molecule has 1 N–H and O–H groups in total. The average molecular weight is 328 g/mol. The first-order valence-electron chi connectivity index (χ1n) is 4.85. The van der Waals surface area contributed by atoms with Gasteiger partial charge in [-0.05, 0) is 40.2 Å². The van der Waals surface area contributed by atoms with Crippen LogP contribution in [0.4, 0.5) is 5.69 Å². The van der Waals surface area contributed by atoms with Crippen LogP contribution < -0.4 is 5.32 Å². The normalized spacial score (nSPS) is 9.94. The first-order valence-corrected chi connectivity index (χ1v) is 6.90. The van der Waals surface area contributed by atoms with Gasteiger partial charge in [-0.1, -0.05) is 11.6 Å². The molecule has 0 saturated heterocycles. The van der Waals surface area contributed by atoms with Crippen molar-refractivity contribution < 1.29 is 0 Å². The number of benzene rings is 1. The fourth-order valence-electron chi connectivity index (χ4n) is 1.33. The van der Waals surface area contributed by atoms with E-state index in [0.717, 1.165) is 15.0 Å². The molecule has 2 rings (SSSR count). The van der Waals surface area contributed by atoms with Gasteiger partial charge in [-0.2, -0.15) is 5.26 Å². The monoisotopic (exact) mass is 326 g/mol. The standard InChI is InChI=1S/C12H8BrClN2S/c13-11-4-9(1-2-12(11)14)16-6-10-3-8(5-15)7-17-10/h1-4,7,16H,6H2. The first kappa shape index (κ1) is 12.4. The number of thiophene rings is 1. The SMILES string of the molecule is N#Cc1csc(CNc2ccc(Cl)c(Br)c2)c1. The third-order valence-corrected chi connectivity index (χ3v) is 4.32. The summed E-state index contributed by atoms with van der Waals surface area (Å²) >= 11 is 10.9. The number of hydrogen-bond donors (Lipinski definition) is 1. The molecule has 0 bridgehead atoms. The number of rotatable bonds is 3. The van der Waals surface area contributed by atoms with Crippen molar-refractivity contribution in [3.05, 3.63) is 49.6 Å². The van der Waals surface area contributed by atoms with Gasteiger partial charge in [0.15, 0.2) is 0 Å². The summed E-state index contributed by atoms with van der Waals surface area (Å²) in [6, 6.07) is 9.70. The van der Waals surface area contributed by atoms with E-state index < -0.39 is 0 Å². The van der Waals surface area contributed by atoms with Gasteiger partial charge in [0, 0.05) is 27.0 Å². The Labute approximate surface area is 117 Å². The number of hydrogen-bond acceptors (Lipinski definition) is 3. The van der Waals surface area contributed by atoms with Crippen LogP contribution in [0.15, 0.2) is 34.1 Å². The van der Waals surface area contributed by atoms with E-state index in [1.165, 1.54) is 0 Å². The van der Waals surface area contributed by atoms with Crippen LogP contribution in [0.25, 0.3) is 0 Å². The minimum Gasteiger partial charge on any atom is -0.380 e. The summed E-state index contributed by atoms with van der Waals surface area (Å²) in [7, 11) is 0. The highest BCUT2D eigenvalue weighted by Gasteiger charge is 2.01. The van der Waals surface area contributed by atoms with Gasteiger partial charge in [-0.15, -0.1) is 11.3 Å². The van der Waals surface area contributed by atoms with E-state index in [0.29, 0.717) is 17.1 Å². The second-order valence-corrected chi connectivity index (χ2v) is 5.65. The van der Waals surface area contributed by atoms with Crippen LogP contribution in [0.2, 0.25) is 5.02 Å². The molecule has 1 heterocycles. The highest BCUT2D eigenvalue weighted by molar-refractivity contribution is 9.10. The van der Waals surface area contributed by atoms with E-state index in [4.69, 9.17) is 16.9 Å². The lowest BCUT2D eigenvalue weighted by Gasteiger charge is -2.05. The summed E-state index contributed by atoms with van der Waals surface area (Å²) in [6.07, 6.45) is 0. The van der Waals surface area contributed by atoms with Crippen LogP contribution in [-0.2, 0) is 6.54 Å². The number of anilines is 1. The lowest BCUT2D eigenvalue weighted by Crippen LogP contribution is -1.97. The van der Waals surface area contributed by atoms with Crippen molar-refractivity contribution in [2.75, 3.05) is 5.32 Å². The molecule has 0 unspecified atom stereocenters. The summed E-state index contributed by atoms with van der Waals surface area (Å²) in [5, 5.41) is 14.5. The maximum atomic E-state index is 8.72. The highest BCUT2D eigenvalue weighted by Crippen LogP contribution is 2.26. The molecule has 0 fully saturated rings. The summed E-state index contributed by atoms with van der Waals surface area (Å²) in [5.41, 5.74) is 1.71. The van der Waals surface area contributed by atoms with Crippen LogP contribution in [0.3, 0.4) is 0 Å². The largest absolute Gasteiger partial charge is 0.380 e. The van der Waals surface area contributed by atoms with Gasteiger partial charge < -0.3 is 5.32 Å². The lowest BCUT2D eigenvalue weighted by atomic mass is 10.3. The maximum Gasteiger partial charge on any atom is 0.100 e. The van der Waals surface area contributed by atoms with Crippen molar-refractivity contribution in [2.24, 2.45) is 0 Å². The number of nitrogens with one attached hydrogen (secondary N) is 1. The molecule has 5 heteroatoms. The van der Waals surface area contributed by atoms with E-state index in [2.05, 4.69) is 27.3 Å². The van der Waals surface area contributed by atoms with Crippen LogP contribution in [0, 0.1) is 11.3 Å². The van der Waals surface area contributed by atoms with Gasteiger partial charge in [-0.25, -0.2) is 0 Å². The molecule has 0 aliphatic rings. The quantitative estimate of drug-likeness (QED) is 0.891. The van der Waals surface area contributed by atoms with E-state index in [-0.39, 0.29) is 0 Å². The molecule has 0 atom stereocenters. The summed E-state index contributed by atoms with van der Waals surface area (Å²) in [4.78, 5) is 1.13. The Morgan fingerprint density at radius 3 is 2.88 bits per heavy atom. The molecule has 1 aromatic carbocycles.